The molecule has 3 N–H and O–H groups in total. The zero-order chi connectivity index (χ0) is 14.0. The fourth-order valence-corrected chi connectivity index (χ4v) is 1.80. The number of nitrogens with one attached hydrogen (secondary N) is 1. The number of hydrogen-bond acceptors (Lipinski definition) is 4. The second-order valence-electron chi connectivity index (χ2n) is 5.04. The highest BCUT2D eigenvalue weighted by molar-refractivity contribution is 6.06. The number of pyridine rings is 1. The number of aromatic carboxylic acids is 1. The second kappa shape index (κ2) is 4.85. The molecule has 1 heterocycles. The van der Waals surface area contributed by atoms with Crippen LogP contribution in [0.3, 0.4) is 0 Å². The molecule has 0 aliphatic rings. The molecule has 5 heteroatoms. The molecule has 5 nitrogen and oxygen atoms in total. The smallest absolute Gasteiger partial charge is 0.337 e. The quantitative estimate of drug-likeness (QED) is 0.784. The molecule has 0 fully saturated rings. The predicted molar refractivity (Wildman–Crippen MR) is 73.5 cm³/mol. The van der Waals surface area contributed by atoms with Crippen LogP contribution in [-0.2, 0) is 0 Å². The molecular formula is C14H16N2O3. The highest BCUT2D eigenvalue weighted by Crippen LogP contribution is 2.24. The van der Waals surface area contributed by atoms with E-state index in [1.807, 2.05) is 12.1 Å². The van der Waals surface area contributed by atoms with E-state index < -0.39 is 11.6 Å². The van der Waals surface area contributed by atoms with E-state index in [1.54, 1.807) is 26.0 Å². The van der Waals surface area contributed by atoms with Crippen molar-refractivity contribution in [2.45, 2.75) is 19.4 Å². The van der Waals surface area contributed by atoms with Gasteiger partial charge in [-0.25, -0.2) is 9.78 Å². The van der Waals surface area contributed by atoms with Gasteiger partial charge in [-0.2, -0.15) is 0 Å². The summed E-state index contributed by atoms with van der Waals surface area (Å²) < 4.78 is 0. The van der Waals surface area contributed by atoms with Crippen LogP contribution in [0, 0.1) is 0 Å². The third-order valence-electron chi connectivity index (χ3n) is 2.71. The van der Waals surface area contributed by atoms with Crippen LogP contribution in [0.2, 0.25) is 0 Å². The first-order chi connectivity index (χ1) is 8.88. The zero-order valence-corrected chi connectivity index (χ0v) is 10.8. The zero-order valence-electron chi connectivity index (χ0n) is 10.8. The van der Waals surface area contributed by atoms with E-state index in [0.29, 0.717) is 17.7 Å². The molecule has 0 saturated heterocycles. The van der Waals surface area contributed by atoms with Gasteiger partial charge in [-0.1, -0.05) is 24.3 Å². The lowest BCUT2D eigenvalue weighted by molar-refractivity contribution is 0.0698. The monoisotopic (exact) mass is 260 g/mol. The number of anilines is 1. The third-order valence-corrected chi connectivity index (χ3v) is 2.71. The Morgan fingerprint density at radius 2 is 1.95 bits per heavy atom. The van der Waals surface area contributed by atoms with Crippen molar-refractivity contribution in [2.24, 2.45) is 0 Å². The average Bonchev–Trinajstić information content (AvgIpc) is 2.34. The molecule has 2 rings (SSSR count). The molecule has 0 spiro atoms. The molecule has 0 amide bonds. The number of nitrogens with zero attached hydrogens (tertiary/aromatic N) is 1. The van der Waals surface area contributed by atoms with Gasteiger partial charge in [-0.05, 0) is 13.8 Å². The summed E-state index contributed by atoms with van der Waals surface area (Å²) in [6.07, 6.45) is 1.33. The van der Waals surface area contributed by atoms with Crippen LogP contribution in [-0.4, -0.2) is 33.3 Å². The molecule has 0 unspecified atom stereocenters. The van der Waals surface area contributed by atoms with Crippen LogP contribution in [0.5, 0.6) is 0 Å². The Bertz CT molecular complexity index is 618. The minimum absolute atomic E-state index is 0.171. The van der Waals surface area contributed by atoms with Gasteiger partial charge in [-0.15, -0.1) is 0 Å². The minimum atomic E-state index is -1.00. The number of carboxylic acids is 1. The fourth-order valence-electron chi connectivity index (χ4n) is 1.80. The van der Waals surface area contributed by atoms with Gasteiger partial charge >= 0.3 is 5.97 Å². The SMILES string of the molecule is CC(C)(O)CNc1ncc(C(=O)O)c2ccccc12. The van der Waals surface area contributed by atoms with Crippen molar-refractivity contribution in [1.29, 1.82) is 0 Å². The lowest BCUT2D eigenvalue weighted by Crippen LogP contribution is -2.29. The van der Waals surface area contributed by atoms with Gasteiger partial charge in [0.25, 0.3) is 0 Å². The summed E-state index contributed by atoms with van der Waals surface area (Å²) >= 11 is 0. The number of aliphatic hydroxyl groups is 1. The molecule has 100 valence electrons. The third kappa shape index (κ3) is 3.00. The second-order valence-corrected chi connectivity index (χ2v) is 5.04. The molecule has 1 aromatic carbocycles. The summed E-state index contributed by atoms with van der Waals surface area (Å²) in [5.74, 6) is -0.430. The first-order valence-electron chi connectivity index (χ1n) is 5.96. The molecule has 0 bridgehead atoms. The van der Waals surface area contributed by atoms with E-state index in [2.05, 4.69) is 10.3 Å². The maximum atomic E-state index is 11.1. The van der Waals surface area contributed by atoms with Crippen molar-refractivity contribution in [3.63, 3.8) is 0 Å². The van der Waals surface area contributed by atoms with Gasteiger partial charge in [0.1, 0.15) is 5.82 Å². The summed E-state index contributed by atoms with van der Waals surface area (Å²) in [6, 6.07) is 7.16. The summed E-state index contributed by atoms with van der Waals surface area (Å²) in [4.78, 5) is 15.3. The summed E-state index contributed by atoms with van der Waals surface area (Å²) in [7, 11) is 0. The molecule has 0 saturated carbocycles. The van der Waals surface area contributed by atoms with Gasteiger partial charge < -0.3 is 15.5 Å². The highest BCUT2D eigenvalue weighted by Gasteiger charge is 2.15. The number of rotatable bonds is 4. The first-order valence-corrected chi connectivity index (χ1v) is 5.96. The standard InChI is InChI=1S/C14H16N2O3/c1-14(2,19)8-16-12-10-6-4-3-5-9(10)11(7-15-12)13(17)18/h3-7,19H,8H2,1-2H3,(H,15,16)(H,17,18). The molecule has 19 heavy (non-hydrogen) atoms. The van der Waals surface area contributed by atoms with Crippen LogP contribution in [0.1, 0.15) is 24.2 Å². The van der Waals surface area contributed by atoms with Crippen molar-refractivity contribution >= 4 is 22.6 Å². The number of carboxylic acid groups (broad SMARTS) is 1. The van der Waals surface area contributed by atoms with E-state index >= 15 is 0 Å². The number of fused-ring (bicyclic) bond motifs is 1. The van der Waals surface area contributed by atoms with Crippen LogP contribution in [0.4, 0.5) is 5.82 Å². The molecule has 0 aliphatic heterocycles. The lowest BCUT2D eigenvalue weighted by Gasteiger charge is -2.19. The summed E-state index contributed by atoms with van der Waals surface area (Å²) in [5, 5.41) is 23.2. The minimum Gasteiger partial charge on any atom is -0.478 e. The number of carbonyl (C=O) groups is 1. The number of aromatic nitrogens is 1. The summed E-state index contributed by atoms with van der Waals surface area (Å²) in [6.45, 7) is 3.71. The summed E-state index contributed by atoms with van der Waals surface area (Å²) in [5.41, 5.74) is -0.696. The Kier molecular flexibility index (Phi) is 3.40. The molecular weight excluding hydrogens is 244 g/mol. The van der Waals surface area contributed by atoms with E-state index in [0.717, 1.165) is 5.39 Å². The maximum Gasteiger partial charge on any atom is 0.337 e. The first kappa shape index (κ1) is 13.3. The van der Waals surface area contributed by atoms with Gasteiger partial charge in [0.15, 0.2) is 0 Å². The topological polar surface area (TPSA) is 82.5 Å². The number of benzene rings is 1. The van der Waals surface area contributed by atoms with Crippen molar-refractivity contribution in [3.05, 3.63) is 36.0 Å². The highest BCUT2D eigenvalue weighted by atomic mass is 16.4. The van der Waals surface area contributed by atoms with Gasteiger partial charge in [0, 0.05) is 23.5 Å². The van der Waals surface area contributed by atoms with E-state index in [4.69, 9.17) is 5.11 Å². The maximum absolute atomic E-state index is 11.1. The van der Waals surface area contributed by atoms with Gasteiger partial charge in [0.2, 0.25) is 0 Å². The van der Waals surface area contributed by atoms with E-state index in [-0.39, 0.29) is 5.56 Å². The predicted octanol–water partition coefficient (Wildman–Crippen LogP) is 2.12. The Morgan fingerprint density at radius 3 is 2.53 bits per heavy atom. The van der Waals surface area contributed by atoms with Crippen LogP contribution < -0.4 is 5.32 Å². The van der Waals surface area contributed by atoms with Crippen molar-refractivity contribution in [3.8, 4) is 0 Å². The molecule has 1 aromatic heterocycles. The van der Waals surface area contributed by atoms with Crippen molar-refractivity contribution in [1.82, 2.24) is 4.98 Å². The van der Waals surface area contributed by atoms with Gasteiger partial charge in [-0.3, -0.25) is 0 Å². The van der Waals surface area contributed by atoms with Crippen LogP contribution >= 0.6 is 0 Å². The Hall–Kier alpha value is -2.14. The molecule has 0 aliphatic carbocycles. The average molecular weight is 260 g/mol. The Balaban J connectivity index is 2.47. The van der Waals surface area contributed by atoms with E-state index in [9.17, 15) is 9.90 Å². The van der Waals surface area contributed by atoms with Crippen molar-refractivity contribution < 1.29 is 15.0 Å². The molecule has 0 atom stereocenters. The molecule has 2 aromatic rings. The van der Waals surface area contributed by atoms with Crippen LogP contribution in [0.15, 0.2) is 30.5 Å². The number of hydrogen-bond donors (Lipinski definition) is 3. The van der Waals surface area contributed by atoms with Crippen molar-refractivity contribution in [2.75, 3.05) is 11.9 Å². The molecule has 0 radical (unpaired) electrons. The van der Waals surface area contributed by atoms with E-state index in [1.165, 1.54) is 6.20 Å². The largest absolute Gasteiger partial charge is 0.478 e. The fraction of sp³-hybridized carbons (Fsp3) is 0.286. The normalized spacial score (nSPS) is 11.5. The Labute approximate surface area is 110 Å². The lowest BCUT2D eigenvalue weighted by atomic mass is 10.1. The van der Waals surface area contributed by atoms with Crippen LogP contribution in [0.25, 0.3) is 10.8 Å². The van der Waals surface area contributed by atoms with Gasteiger partial charge in [0.05, 0.1) is 11.2 Å². The Morgan fingerprint density at radius 1 is 1.32 bits per heavy atom.